The molecule has 13 nitrogen and oxygen atoms in total. The maximum atomic E-state index is 14.1. The number of nitrogens with one attached hydrogen (secondary N) is 1. The number of aliphatic hydroxyl groups excluding tert-OH is 2. The van der Waals surface area contributed by atoms with Gasteiger partial charge in [0.1, 0.15) is 17.1 Å². The predicted octanol–water partition coefficient (Wildman–Crippen LogP) is 0.831. The quantitative estimate of drug-likeness (QED) is 0.199. The Labute approximate surface area is 247 Å². The van der Waals surface area contributed by atoms with Gasteiger partial charge in [-0.2, -0.15) is 0 Å². The first kappa shape index (κ1) is 30.1. The summed E-state index contributed by atoms with van der Waals surface area (Å²) in [6.45, 7) is 0. The fourth-order valence-corrected chi connectivity index (χ4v) is 7.65. The number of aromatic hydroxyl groups is 1. The molecule has 0 aliphatic heterocycles. The van der Waals surface area contributed by atoms with Crippen LogP contribution < -0.4 is 15.4 Å². The van der Waals surface area contributed by atoms with E-state index in [0.29, 0.717) is 11.3 Å². The van der Waals surface area contributed by atoms with Crippen LogP contribution in [-0.2, 0) is 30.8 Å². The van der Waals surface area contributed by atoms with Gasteiger partial charge in [0.05, 0.1) is 22.2 Å². The molecule has 0 spiro atoms. The monoisotopic (exact) mass is 612 g/mol. The first-order chi connectivity index (χ1) is 20.0. The molecule has 0 unspecified atom stereocenters. The lowest BCUT2D eigenvalue weighted by Crippen LogP contribution is -2.65. The topological polar surface area (TPSA) is 211 Å². The van der Waals surface area contributed by atoms with Crippen molar-refractivity contribution in [3.8, 4) is 5.75 Å². The highest BCUT2D eigenvalue weighted by Crippen LogP contribution is 2.54. The first-order valence-corrected chi connectivity index (χ1v) is 14.8. The zero-order chi connectivity index (χ0) is 31.8. The Balaban J connectivity index is 1.72. The molecule has 0 aromatic heterocycles. The van der Waals surface area contributed by atoms with Crippen molar-refractivity contribution in [2.24, 2.45) is 17.6 Å². The number of benzene rings is 2. The molecule has 14 heteroatoms. The summed E-state index contributed by atoms with van der Waals surface area (Å²) in [7, 11) is 2.23. The van der Waals surface area contributed by atoms with Gasteiger partial charge in [-0.3, -0.25) is 24.0 Å². The van der Waals surface area contributed by atoms with E-state index in [4.69, 9.17) is 5.73 Å². The predicted molar refractivity (Wildman–Crippen MR) is 156 cm³/mol. The molecule has 0 heterocycles. The molecule has 4 atom stereocenters. The van der Waals surface area contributed by atoms with Crippen molar-refractivity contribution in [1.29, 1.82) is 0 Å². The van der Waals surface area contributed by atoms with Gasteiger partial charge < -0.3 is 31.1 Å². The number of hydrogen-bond acceptors (Lipinski definition) is 11. The number of ketones is 2. The lowest BCUT2D eigenvalue weighted by Gasteiger charge is -2.50. The molecular weight excluding hydrogens is 580 g/mol. The van der Waals surface area contributed by atoms with Crippen LogP contribution in [0.25, 0.3) is 5.76 Å². The first-order valence-electron chi connectivity index (χ1n) is 13.3. The molecule has 228 valence electrons. The summed E-state index contributed by atoms with van der Waals surface area (Å²) in [4.78, 5) is 42.5. The average Bonchev–Trinajstić information content (AvgIpc) is 2.92. The highest BCUT2D eigenvalue weighted by molar-refractivity contribution is 7.92. The second-order valence-electron chi connectivity index (χ2n) is 11.4. The maximum Gasteiger partial charge on any atom is 0.262 e. The van der Waals surface area contributed by atoms with Crippen LogP contribution in [0.1, 0.15) is 17.5 Å². The van der Waals surface area contributed by atoms with Crippen LogP contribution in [0.5, 0.6) is 5.75 Å². The van der Waals surface area contributed by atoms with Crippen molar-refractivity contribution < 1.29 is 43.2 Å². The zero-order valence-corrected chi connectivity index (χ0v) is 24.6. The summed E-state index contributed by atoms with van der Waals surface area (Å²) >= 11 is 0. The number of aliphatic hydroxyl groups is 3. The standard InChI is InChI=1S/C29H32N4O9S/c1-32(2)18-12-17(31-43(41,42)14-8-6-5-7-9-14)23(34)20-15(18)10-13-11-16-22(33(3)4)25(36)21(28(30)39)27(38)29(16,40)26(37)19(13)24(20)35/h5-9,12-13,16,22,31,34-35,38,40H,10-11H2,1-4H3,(H2,30,39)/t13-,16-,22-,29-/m1/s1. The van der Waals surface area contributed by atoms with E-state index < -0.39 is 73.8 Å². The number of phenols is 1. The van der Waals surface area contributed by atoms with E-state index >= 15 is 0 Å². The summed E-state index contributed by atoms with van der Waals surface area (Å²) in [5.41, 5.74) is 1.66. The van der Waals surface area contributed by atoms with Crippen LogP contribution >= 0.6 is 0 Å². The van der Waals surface area contributed by atoms with Crippen molar-refractivity contribution in [1.82, 2.24) is 4.90 Å². The minimum atomic E-state index is -4.18. The number of carbonyl (C=O) groups excluding carboxylic acids is 3. The Kier molecular flexibility index (Phi) is 7.07. The maximum absolute atomic E-state index is 14.1. The SMILES string of the molecule is CN(C)c1cc(NS(=O)(=O)c2ccccc2)c(O)c2c1C[C@@H]1C[C@@H]3[C@@H](N(C)C)C(=O)C(C(N)=O)=C(O)[C@]3(O)C(=O)C1=C2O. The van der Waals surface area contributed by atoms with Gasteiger partial charge in [-0.05, 0) is 56.6 Å². The number of sulfonamides is 1. The zero-order valence-electron chi connectivity index (χ0n) is 23.8. The lowest BCUT2D eigenvalue weighted by molar-refractivity contribution is -0.153. The van der Waals surface area contributed by atoms with Crippen molar-refractivity contribution in [2.75, 3.05) is 37.8 Å². The lowest BCUT2D eigenvalue weighted by atomic mass is 9.57. The Hall–Kier alpha value is -4.40. The van der Waals surface area contributed by atoms with Crippen molar-refractivity contribution in [3.63, 3.8) is 0 Å². The minimum absolute atomic E-state index is 0.0569. The Morgan fingerprint density at radius 3 is 2.26 bits per heavy atom. The van der Waals surface area contributed by atoms with E-state index in [1.165, 1.54) is 49.3 Å². The number of carbonyl (C=O) groups is 3. The van der Waals surface area contributed by atoms with E-state index in [2.05, 4.69) is 4.72 Å². The second kappa shape index (κ2) is 10.1. The molecular formula is C29H32N4O9S. The van der Waals surface area contributed by atoms with Gasteiger partial charge in [-0.1, -0.05) is 18.2 Å². The van der Waals surface area contributed by atoms with Gasteiger partial charge in [0.2, 0.25) is 5.78 Å². The molecule has 0 saturated heterocycles. The minimum Gasteiger partial charge on any atom is -0.508 e. The van der Waals surface area contributed by atoms with Crippen LogP contribution in [0.3, 0.4) is 0 Å². The van der Waals surface area contributed by atoms with Crippen LogP contribution in [-0.4, -0.2) is 91.1 Å². The van der Waals surface area contributed by atoms with Crippen molar-refractivity contribution in [2.45, 2.75) is 29.4 Å². The third kappa shape index (κ3) is 4.36. The third-order valence-corrected chi connectivity index (χ3v) is 9.86. The fourth-order valence-electron chi connectivity index (χ4n) is 6.57. The number of amides is 1. The van der Waals surface area contributed by atoms with Gasteiger partial charge in [0.15, 0.2) is 17.1 Å². The molecule has 1 amide bonds. The molecule has 7 N–H and O–H groups in total. The molecule has 43 heavy (non-hydrogen) atoms. The number of hydrogen-bond donors (Lipinski definition) is 6. The Morgan fingerprint density at radius 1 is 1.07 bits per heavy atom. The van der Waals surface area contributed by atoms with Gasteiger partial charge in [0.25, 0.3) is 15.9 Å². The summed E-state index contributed by atoms with van der Waals surface area (Å²) in [6.07, 6.45) is -0.0108. The van der Waals surface area contributed by atoms with E-state index in [0.717, 1.165) is 0 Å². The summed E-state index contributed by atoms with van der Waals surface area (Å²) in [5.74, 6) is -7.88. The van der Waals surface area contributed by atoms with E-state index in [9.17, 15) is 43.2 Å². The van der Waals surface area contributed by atoms with E-state index in [1.54, 1.807) is 25.1 Å². The highest BCUT2D eigenvalue weighted by atomic mass is 32.2. The highest BCUT2D eigenvalue weighted by Gasteiger charge is 2.64. The molecule has 1 saturated carbocycles. The number of Topliss-reactive ketones (excluding diaryl/α,β-unsaturated/α-hetero) is 2. The van der Waals surface area contributed by atoms with Crippen molar-refractivity contribution >= 4 is 44.6 Å². The summed E-state index contributed by atoms with van der Waals surface area (Å²) in [6, 6.07) is 7.64. The number of nitrogens with two attached hydrogens (primary N) is 1. The molecule has 5 rings (SSSR count). The van der Waals surface area contributed by atoms with Crippen molar-refractivity contribution in [3.05, 3.63) is 64.4 Å². The molecule has 0 radical (unpaired) electrons. The Bertz CT molecular complexity index is 1750. The van der Waals surface area contributed by atoms with Crippen LogP contribution in [0.4, 0.5) is 11.4 Å². The Morgan fingerprint density at radius 2 is 1.70 bits per heavy atom. The second-order valence-corrected chi connectivity index (χ2v) is 13.1. The largest absolute Gasteiger partial charge is 0.508 e. The number of fused-ring (bicyclic) bond motifs is 3. The van der Waals surface area contributed by atoms with E-state index in [1.807, 2.05) is 0 Å². The number of anilines is 2. The molecule has 1 fully saturated rings. The van der Waals surface area contributed by atoms with E-state index in [-0.39, 0.29) is 34.6 Å². The summed E-state index contributed by atoms with van der Waals surface area (Å²) < 4.78 is 28.5. The molecule has 2 aromatic rings. The van der Waals surface area contributed by atoms with Gasteiger partial charge >= 0.3 is 0 Å². The normalized spacial score (nSPS) is 25.3. The summed E-state index contributed by atoms with van der Waals surface area (Å²) in [5, 5.41) is 45.7. The molecule has 3 aliphatic carbocycles. The molecule has 2 aromatic carbocycles. The number of nitrogens with zero attached hydrogens (tertiary/aromatic N) is 2. The average molecular weight is 613 g/mol. The number of primary amides is 1. The van der Waals surface area contributed by atoms with Gasteiger partial charge in [-0.15, -0.1) is 0 Å². The number of rotatable bonds is 6. The molecule has 3 aliphatic rings. The fraction of sp³-hybridized carbons (Fsp3) is 0.345. The smallest absolute Gasteiger partial charge is 0.262 e. The number of likely N-dealkylation sites (N-methyl/N-ethyl adjacent to an activating group) is 1. The van der Waals surface area contributed by atoms with Crippen LogP contribution in [0, 0.1) is 11.8 Å². The van der Waals surface area contributed by atoms with Gasteiger partial charge in [-0.25, -0.2) is 8.42 Å². The third-order valence-electron chi connectivity index (χ3n) is 8.48. The molecule has 0 bridgehead atoms. The van der Waals surface area contributed by atoms with Crippen LogP contribution in [0.15, 0.2) is 58.2 Å². The number of phenolic OH excluding ortho intramolecular Hbond substituents is 1. The van der Waals surface area contributed by atoms with Gasteiger partial charge in [0, 0.05) is 31.3 Å². The van der Waals surface area contributed by atoms with Crippen LogP contribution in [0.2, 0.25) is 0 Å².